The molecule has 1 aromatic carbocycles. The molecule has 0 spiro atoms. The maximum absolute atomic E-state index is 4.65. The van der Waals surface area contributed by atoms with E-state index in [4.69, 9.17) is 0 Å². The molecule has 2 heterocycles. The number of H-pyrrole nitrogens is 1. The van der Waals surface area contributed by atoms with Crippen LogP contribution in [0.1, 0.15) is 39.5 Å². The van der Waals surface area contributed by atoms with Crippen molar-refractivity contribution in [3.8, 4) is 0 Å². The molecule has 3 rings (SSSR count). The van der Waals surface area contributed by atoms with E-state index >= 15 is 0 Å². The Morgan fingerprint density at radius 2 is 1.62 bits per heavy atom. The highest BCUT2D eigenvalue weighted by Gasteiger charge is 2.10. The molecule has 0 fully saturated rings. The number of benzene rings is 1. The maximum atomic E-state index is 4.65. The summed E-state index contributed by atoms with van der Waals surface area (Å²) in [6.45, 7) is 5.69. The molecule has 6 nitrogen and oxygen atoms in total. The average Bonchev–Trinajstić information content (AvgIpc) is 2.98. The zero-order valence-corrected chi connectivity index (χ0v) is 14.3. The first-order valence-corrected chi connectivity index (χ1v) is 8.55. The second kappa shape index (κ2) is 7.86. The SMILES string of the molecule is CC1=NCCCCCCN=C(C)C1=NNc1nc2ccccc2[nH]1. The van der Waals surface area contributed by atoms with Gasteiger partial charge in [-0.15, -0.1) is 0 Å². The molecule has 1 aliphatic rings. The maximum Gasteiger partial charge on any atom is 0.222 e. The van der Waals surface area contributed by atoms with Gasteiger partial charge in [0.1, 0.15) is 5.71 Å². The topological polar surface area (TPSA) is 77.8 Å². The molecule has 2 aromatic rings. The Balaban J connectivity index is 1.84. The number of rotatable bonds is 2. The number of hydrazone groups is 1. The van der Waals surface area contributed by atoms with Crippen molar-refractivity contribution in [1.29, 1.82) is 0 Å². The molecule has 24 heavy (non-hydrogen) atoms. The summed E-state index contributed by atoms with van der Waals surface area (Å²) >= 11 is 0. The molecule has 1 aliphatic heterocycles. The predicted molar refractivity (Wildman–Crippen MR) is 102 cm³/mol. The number of anilines is 1. The van der Waals surface area contributed by atoms with Gasteiger partial charge in [-0.05, 0) is 38.8 Å². The van der Waals surface area contributed by atoms with Gasteiger partial charge in [0.2, 0.25) is 5.95 Å². The number of para-hydroxylation sites is 2. The summed E-state index contributed by atoms with van der Waals surface area (Å²) in [5, 5.41) is 4.53. The van der Waals surface area contributed by atoms with Crippen molar-refractivity contribution in [2.75, 3.05) is 18.5 Å². The van der Waals surface area contributed by atoms with Crippen LogP contribution in [0.25, 0.3) is 11.0 Å². The van der Waals surface area contributed by atoms with Crippen LogP contribution in [0.3, 0.4) is 0 Å². The van der Waals surface area contributed by atoms with Crippen molar-refractivity contribution in [3.63, 3.8) is 0 Å². The molecule has 126 valence electrons. The fourth-order valence-corrected chi connectivity index (χ4v) is 2.76. The molecule has 0 aliphatic carbocycles. The van der Waals surface area contributed by atoms with Gasteiger partial charge in [-0.1, -0.05) is 25.0 Å². The van der Waals surface area contributed by atoms with Gasteiger partial charge in [-0.25, -0.2) is 10.4 Å². The minimum Gasteiger partial charge on any atom is -0.323 e. The van der Waals surface area contributed by atoms with Gasteiger partial charge in [0.05, 0.1) is 22.5 Å². The summed E-state index contributed by atoms with van der Waals surface area (Å²) in [5.74, 6) is 0.624. The number of aromatic amines is 1. The van der Waals surface area contributed by atoms with Crippen molar-refractivity contribution < 1.29 is 0 Å². The number of aromatic nitrogens is 2. The van der Waals surface area contributed by atoms with Gasteiger partial charge in [0.15, 0.2) is 0 Å². The van der Waals surface area contributed by atoms with E-state index in [-0.39, 0.29) is 0 Å². The van der Waals surface area contributed by atoms with Crippen LogP contribution in [0, 0.1) is 0 Å². The highest BCUT2D eigenvalue weighted by atomic mass is 15.4. The van der Waals surface area contributed by atoms with Gasteiger partial charge in [-0.2, -0.15) is 5.10 Å². The quantitative estimate of drug-likeness (QED) is 0.824. The summed E-state index contributed by atoms with van der Waals surface area (Å²) in [6.07, 6.45) is 4.69. The van der Waals surface area contributed by atoms with Crippen LogP contribution in [-0.4, -0.2) is 40.2 Å². The molecular weight excluding hydrogens is 300 g/mol. The molecule has 1 aromatic heterocycles. The number of aliphatic imine (C=N–C) groups is 2. The van der Waals surface area contributed by atoms with Crippen LogP contribution in [0.15, 0.2) is 39.4 Å². The van der Waals surface area contributed by atoms with Crippen LogP contribution >= 0.6 is 0 Å². The van der Waals surface area contributed by atoms with E-state index in [0.717, 1.165) is 54.1 Å². The summed E-state index contributed by atoms with van der Waals surface area (Å²) in [4.78, 5) is 17.0. The van der Waals surface area contributed by atoms with Crippen LogP contribution in [-0.2, 0) is 0 Å². The smallest absolute Gasteiger partial charge is 0.222 e. The largest absolute Gasteiger partial charge is 0.323 e. The molecule has 2 N–H and O–H groups in total. The molecule has 0 bridgehead atoms. The first-order valence-electron chi connectivity index (χ1n) is 8.55. The van der Waals surface area contributed by atoms with Crippen molar-refractivity contribution in [3.05, 3.63) is 24.3 Å². The van der Waals surface area contributed by atoms with E-state index in [1.807, 2.05) is 38.1 Å². The van der Waals surface area contributed by atoms with E-state index < -0.39 is 0 Å². The van der Waals surface area contributed by atoms with Crippen LogP contribution in [0.4, 0.5) is 5.95 Å². The Morgan fingerprint density at radius 1 is 0.958 bits per heavy atom. The van der Waals surface area contributed by atoms with E-state index in [2.05, 4.69) is 30.5 Å². The molecule has 0 saturated carbocycles. The Morgan fingerprint density at radius 3 is 2.29 bits per heavy atom. The van der Waals surface area contributed by atoms with E-state index in [1.165, 1.54) is 12.8 Å². The van der Waals surface area contributed by atoms with Crippen molar-refractivity contribution in [2.45, 2.75) is 39.5 Å². The van der Waals surface area contributed by atoms with E-state index in [9.17, 15) is 0 Å². The highest BCUT2D eigenvalue weighted by Crippen LogP contribution is 2.13. The second-order valence-corrected chi connectivity index (χ2v) is 6.02. The Labute approximate surface area is 142 Å². The summed E-state index contributed by atoms with van der Waals surface area (Å²) in [7, 11) is 0. The molecule has 0 unspecified atom stereocenters. The van der Waals surface area contributed by atoms with Crippen molar-refractivity contribution in [2.24, 2.45) is 15.1 Å². The van der Waals surface area contributed by atoms with Crippen LogP contribution in [0.2, 0.25) is 0 Å². The number of nitrogens with zero attached hydrogens (tertiary/aromatic N) is 4. The standard InChI is InChI=1S/C18H24N6/c1-13-17(14(2)20-12-8-4-3-7-11-19-13)23-24-18-21-15-9-5-6-10-16(15)22-18/h5-6,9-10H,3-4,7-8,11-12H2,1-2H3,(H2,21,22,24). The lowest BCUT2D eigenvalue weighted by Crippen LogP contribution is -2.22. The number of imidazole rings is 1. The molecule has 0 amide bonds. The molecule has 0 atom stereocenters. The minimum atomic E-state index is 0.624. The third kappa shape index (κ3) is 4.07. The lowest BCUT2D eigenvalue weighted by atomic mass is 10.1. The first-order chi connectivity index (χ1) is 11.7. The summed E-state index contributed by atoms with van der Waals surface area (Å²) < 4.78 is 0. The Hall–Kier alpha value is -2.50. The number of nitrogens with one attached hydrogen (secondary N) is 2. The second-order valence-electron chi connectivity index (χ2n) is 6.02. The summed E-state index contributed by atoms with van der Waals surface area (Å²) in [5.41, 5.74) is 7.56. The highest BCUT2D eigenvalue weighted by molar-refractivity contribution is 6.68. The first kappa shape index (κ1) is 16.4. The third-order valence-electron chi connectivity index (χ3n) is 4.11. The van der Waals surface area contributed by atoms with Gasteiger partial charge < -0.3 is 4.98 Å². The average molecular weight is 324 g/mol. The Bertz CT molecular complexity index is 725. The number of hydrogen-bond donors (Lipinski definition) is 2. The van der Waals surface area contributed by atoms with Crippen molar-refractivity contribution in [1.82, 2.24) is 9.97 Å². The lowest BCUT2D eigenvalue weighted by Gasteiger charge is -2.06. The monoisotopic (exact) mass is 324 g/mol. The number of hydrogen-bond acceptors (Lipinski definition) is 5. The summed E-state index contributed by atoms with van der Waals surface area (Å²) in [6, 6.07) is 7.91. The fraction of sp³-hybridized carbons (Fsp3) is 0.444. The zero-order chi connectivity index (χ0) is 16.8. The normalized spacial score (nSPS) is 17.0. The van der Waals surface area contributed by atoms with Crippen LogP contribution in [0.5, 0.6) is 0 Å². The van der Waals surface area contributed by atoms with Gasteiger partial charge in [0, 0.05) is 13.1 Å². The van der Waals surface area contributed by atoms with Gasteiger partial charge >= 0.3 is 0 Å². The van der Waals surface area contributed by atoms with Crippen molar-refractivity contribution >= 4 is 34.1 Å². The third-order valence-corrected chi connectivity index (χ3v) is 4.11. The molecule has 6 heteroatoms. The lowest BCUT2D eigenvalue weighted by molar-refractivity contribution is 0.655. The Kier molecular flexibility index (Phi) is 5.36. The minimum absolute atomic E-state index is 0.624. The van der Waals surface area contributed by atoms with Gasteiger partial charge in [0.25, 0.3) is 0 Å². The van der Waals surface area contributed by atoms with E-state index in [0.29, 0.717) is 5.95 Å². The fourth-order valence-electron chi connectivity index (χ4n) is 2.76. The molecule has 0 radical (unpaired) electrons. The zero-order valence-electron chi connectivity index (χ0n) is 14.3. The van der Waals surface area contributed by atoms with Gasteiger partial charge in [-0.3, -0.25) is 9.98 Å². The number of fused-ring (bicyclic) bond motifs is 1. The molecule has 0 saturated heterocycles. The van der Waals surface area contributed by atoms with Crippen LogP contribution < -0.4 is 5.43 Å². The molecular formula is C18H24N6. The van der Waals surface area contributed by atoms with E-state index in [1.54, 1.807) is 0 Å². The predicted octanol–water partition coefficient (Wildman–Crippen LogP) is 3.83.